The number of carbonyl (C=O) groups excluding carboxylic acids is 1. The Balaban J connectivity index is 1.78. The molecule has 2 aromatic rings. The van der Waals surface area contributed by atoms with Gasteiger partial charge in [-0.1, -0.05) is 0 Å². The van der Waals surface area contributed by atoms with Crippen molar-refractivity contribution in [2.24, 2.45) is 17.6 Å². The summed E-state index contributed by atoms with van der Waals surface area (Å²) in [6, 6.07) is 7.50. The predicted molar refractivity (Wildman–Crippen MR) is 107 cm³/mol. The first-order valence-corrected chi connectivity index (χ1v) is 11.1. The summed E-state index contributed by atoms with van der Waals surface area (Å²) in [5.41, 5.74) is 6.16. The van der Waals surface area contributed by atoms with Crippen LogP contribution < -0.4 is 11.1 Å². The van der Waals surface area contributed by atoms with Crippen LogP contribution >= 0.6 is 0 Å². The van der Waals surface area contributed by atoms with Crippen molar-refractivity contribution in [2.75, 3.05) is 18.2 Å². The number of nitrogens with zero attached hydrogens (tertiary/aromatic N) is 3. The van der Waals surface area contributed by atoms with Crippen LogP contribution in [0.4, 0.5) is 15.9 Å². The standard InChI is InChI=1S/C19H22FN5O4S/c1-30(27,28)29-11-12-2-7-17(13(8-12)9-21)25-10-16(18(22)26)19(24-25)23-15-5-3-14(20)4-6-15/h3-6,10,12-13,17H,2,7-8,11H2,1H3,(H2,22,26)(H,23,24)/t12?,13-,17+/m0/s1. The van der Waals surface area contributed by atoms with Crippen molar-refractivity contribution in [1.82, 2.24) is 9.78 Å². The lowest BCUT2D eigenvalue weighted by molar-refractivity contribution is 0.100. The van der Waals surface area contributed by atoms with Crippen molar-refractivity contribution in [2.45, 2.75) is 25.3 Å². The van der Waals surface area contributed by atoms with Crippen LogP contribution in [0.5, 0.6) is 0 Å². The number of benzene rings is 1. The summed E-state index contributed by atoms with van der Waals surface area (Å²) < 4.78 is 42.0. The monoisotopic (exact) mass is 435 g/mol. The normalized spacial score (nSPS) is 21.7. The number of nitrogens with one attached hydrogen (secondary N) is 1. The predicted octanol–water partition coefficient (Wildman–Crippen LogP) is 2.32. The van der Waals surface area contributed by atoms with E-state index in [1.807, 2.05) is 0 Å². The number of aromatic nitrogens is 2. The Labute approximate surface area is 173 Å². The van der Waals surface area contributed by atoms with Crippen molar-refractivity contribution < 1.29 is 21.8 Å². The maximum absolute atomic E-state index is 13.1. The second kappa shape index (κ2) is 8.81. The largest absolute Gasteiger partial charge is 0.365 e. The van der Waals surface area contributed by atoms with Gasteiger partial charge >= 0.3 is 0 Å². The molecule has 9 nitrogen and oxygen atoms in total. The molecule has 3 rings (SSSR count). The van der Waals surface area contributed by atoms with Crippen LogP contribution in [0.3, 0.4) is 0 Å². The van der Waals surface area contributed by atoms with E-state index in [4.69, 9.17) is 9.92 Å². The van der Waals surface area contributed by atoms with E-state index in [0.717, 1.165) is 6.26 Å². The first kappa shape index (κ1) is 21.7. The minimum Gasteiger partial charge on any atom is -0.365 e. The molecule has 1 fully saturated rings. The number of anilines is 2. The van der Waals surface area contributed by atoms with E-state index >= 15 is 0 Å². The fourth-order valence-electron chi connectivity index (χ4n) is 3.57. The molecule has 1 aromatic heterocycles. The number of rotatable bonds is 7. The molecule has 1 aromatic carbocycles. The molecule has 0 saturated heterocycles. The average Bonchev–Trinajstić information content (AvgIpc) is 3.11. The van der Waals surface area contributed by atoms with E-state index in [0.29, 0.717) is 24.9 Å². The van der Waals surface area contributed by atoms with Crippen LogP contribution in [0.15, 0.2) is 30.5 Å². The first-order valence-electron chi connectivity index (χ1n) is 9.32. The van der Waals surface area contributed by atoms with Gasteiger partial charge in [0.25, 0.3) is 16.0 Å². The van der Waals surface area contributed by atoms with Crippen molar-refractivity contribution in [3.63, 3.8) is 0 Å². The smallest absolute Gasteiger partial charge is 0.264 e. The van der Waals surface area contributed by atoms with Gasteiger partial charge in [0.2, 0.25) is 0 Å². The van der Waals surface area contributed by atoms with Crippen molar-refractivity contribution in [1.29, 1.82) is 5.26 Å². The van der Waals surface area contributed by atoms with Gasteiger partial charge < -0.3 is 11.1 Å². The Morgan fingerprint density at radius 2 is 2.10 bits per heavy atom. The SMILES string of the molecule is CS(=O)(=O)OCC1CC[C@@H](n2cc(C(N)=O)c(Nc3ccc(F)cc3)n2)[C@H](C#N)C1. The highest BCUT2D eigenvalue weighted by atomic mass is 32.2. The minimum absolute atomic E-state index is 0.0345. The highest BCUT2D eigenvalue weighted by Gasteiger charge is 2.34. The third-order valence-corrected chi connectivity index (χ3v) is 5.61. The molecule has 1 aliphatic carbocycles. The molecule has 11 heteroatoms. The Hall–Kier alpha value is -2.97. The molecular formula is C19H22FN5O4S. The van der Waals surface area contributed by atoms with Gasteiger partial charge in [0.15, 0.2) is 5.82 Å². The number of nitrogens with two attached hydrogens (primary N) is 1. The second-order valence-corrected chi connectivity index (χ2v) is 8.98. The quantitative estimate of drug-likeness (QED) is 0.636. The molecule has 3 atom stereocenters. The Morgan fingerprint density at radius 1 is 1.40 bits per heavy atom. The zero-order chi connectivity index (χ0) is 21.9. The van der Waals surface area contributed by atoms with E-state index in [2.05, 4.69) is 16.5 Å². The Kier molecular flexibility index (Phi) is 6.38. The molecule has 0 radical (unpaired) electrons. The van der Waals surface area contributed by atoms with Gasteiger partial charge in [0.05, 0.1) is 30.9 Å². The number of halogens is 1. The molecule has 0 bridgehead atoms. The minimum atomic E-state index is -3.54. The fraction of sp³-hybridized carbons (Fsp3) is 0.421. The summed E-state index contributed by atoms with van der Waals surface area (Å²) in [5.74, 6) is -1.37. The van der Waals surface area contributed by atoms with E-state index in [9.17, 15) is 22.9 Å². The molecule has 0 aliphatic heterocycles. The molecule has 30 heavy (non-hydrogen) atoms. The van der Waals surface area contributed by atoms with E-state index in [-0.39, 0.29) is 29.9 Å². The number of hydrogen-bond acceptors (Lipinski definition) is 7. The summed E-state index contributed by atoms with van der Waals surface area (Å²) in [4.78, 5) is 11.9. The van der Waals surface area contributed by atoms with Crippen LogP contribution in [-0.2, 0) is 14.3 Å². The molecule has 1 aliphatic rings. The van der Waals surface area contributed by atoms with Gasteiger partial charge in [0, 0.05) is 11.9 Å². The highest BCUT2D eigenvalue weighted by Crippen LogP contribution is 2.38. The lowest BCUT2D eigenvalue weighted by Gasteiger charge is -2.32. The zero-order valence-corrected chi connectivity index (χ0v) is 17.1. The molecule has 1 unspecified atom stereocenters. The van der Waals surface area contributed by atoms with Crippen LogP contribution in [0.1, 0.15) is 35.7 Å². The highest BCUT2D eigenvalue weighted by molar-refractivity contribution is 7.85. The molecular weight excluding hydrogens is 413 g/mol. The van der Waals surface area contributed by atoms with Crippen LogP contribution in [0, 0.1) is 29.0 Å². The number of primary amides is 1. The van der Waals surface area contributed by atoms with Crippen molar-refractivity contribution in [3.05, 3.63) is 41.8 Å². The summed E-state index contributed by atoms with van der Waals surface area (Å²) in [6.45, 7) is 0.0345. The first-order chi connectivity index (χ1) is 14.2. The number of carbonyl (C=O) groups is 1. The van der Waals surface area contributed by atoms with Crippen molar-refractivity contribution in [3.8, 4) is 6.07 Å². The van der Waals surface area contributed by atoms with E-state index in [1.54, 1.807) is 4.68 Å². The van der Waals surface area contributed by atoms with Crippen LogP contribution in [0.2, 0.25) is 0 Å². The molecule has 0 spiro atoms. The van der Waals surface area contributed by atoms with Crippen LogP contribution in [-0.4, -0.2) is 37.0 Å². The lowest BCUT2D eigenvalue weighted by Crippen LogP contribution is -2.29. The molecule has 3 N–H and O–H groups in total. The molecule has 1 amide bonds. The third kappa shape index (κ3) is 5.34. The van der Waals surface area contributed by atoms with Crippen molar-refractivity contribution >= 4 is 27.5 Å². The summed E-state index contributed by atoms with van der Waals surface area (Å²) in [5, 5.41) is 17.0. The van der Waals surface area contributed by atoms with Gasteiger partial charge in [-0.25, -0.2) is 4.39 Å². The van der Waals surface area contributed by atoms with Gasteiger partial charge in [0.1, 0.15) is 11.4 Å². The average molecular weight is 435 g/mol. The third-order valence-electron chi connectivity index (χ3n) is 5.05. The second-order valence-electron chi connectivity index (χ2n) is 7.34. The molecule has 160 valence electrons. The topological polar surface area (TPSA) is 140 Å². The Bertz CT molecular complexity index is 1060. The van der Waals surface area contributed by atoms with Gasteiger partial charge in [-0.15, -0.1) is 0 Å². The summed E-state index contributed by atoms with van der Waals surface area (Å²) in [6.07, 6.45) is 4.14. The van der Waals surface area contributed by atoms with Crippen LogP contribution in [0.25, 0.3) is 0 Å². The van der Waals surface area contributed by atoms with Gasteiger partial charge in [-0.05, 0) is 49.4 Å². The number of nitriles is 1. The van der Waals surface area contributed by atoms with Gasteiger partial charge in [-0.3, -0.25) is 13.7 Å². The molecule has 1 saturated carbocycles. The zero-order valence-electron chi connectivity index (χ0n) is 16.3. The Morgan fingerprint density at radius 3 is 2.70 bits per heavy atom. The summed E-state index contributed by atoms with van der Waals surface area (Å²) >= 11 is 0. The maximum atomic E-state index is 13.1. The van der Waals surface area contributed by atoms with Gasteiger partial charge in [-0.2, -0.15) is 18.8 Å². The molecule has 1 heterocycles. The van der Waals surface area contributed by atoms with E-state index < -0.39 is 27.8 Å². The van der Waals surface area contributed by atoms with E-state index in [1.165, 1.54) is 30.5 Å². The fourth-order valence-corrected chi connectivity index (χ4v) is 4.01. The lowest BCUT2D eigenvalue weighted by atomic mass is 9.79. The maximum Gasteiger partial charge on any atom is 0.264 e. The number of amides is 1. The number of hydrogen-bond donors (Lipinski definition) is 2. The summed E-state index contributed by atoms with van der Waals surface area (Å²) in [7, 11) is -3.54.